The Labute approximate surface area is 144 Å². The van der Waals surface area contributed by atoms with Gasteiger partial charge in [-0.1, -0.05) is 17.7 Å². The lowest BCUT2D eigenvalue weighted by Gasteiger charge is -2.11. The number of hydrogen-bond donors (Lipinski definition) is 0. The number of benzene rings is 1. The Morgan fingerprint density at radius 3 is 2.71 bits per heavy atom. The molecule has 2 heterocycles. The average molecular weight is 336 g/mol. The predicted octanol–water partition coefficient (Wildman–Crippen LogP) is 3.95. The van der Waals surface area contributed by atoms with Gasteiger partial charge >= 0.3 is 0 Å². The van der Waals surface area contributed by atoms with E-state index >= 15 is 0 Å². The quantitative estimate of drug-likeness (QED) is 0.680. The standard InChI is InChI=1S/C18H14ClN5/c1-24-10-21-23-18(24)15-6-11(9-20)2-5-14(15)13-7-16(12-3-4-12)22-17(19)8-13/h2,5-8,10,12H,3-4H2,1H3. The summed E-state index contributed by atoms with van der Waals surface area (Å²) in [5, 5.41) is 17.9. The van der Waals surface area contributed by atoms with Crippen LogP contribution in [-0.4, -0.2) is 19.7 Å². The van der Waals surface area contributed by atoms with E-state index in [2.05, 4.69) is 27.3 Å². The van der Waals surface area contributed by atoms with Crippen molar-refractivity contribution in [1.29, 1.82) is 5.26 Å². The molecule has 0 radical (unpaired) electrons. The highest BCUT2D eigenvalue weighted by atomic mass is 35.5. The summed E-state index contributed by atoms with van der Waals surface area (Å²) in [4.78, 5) is 4.44. The second-order valence-electron chi connectivity index (χ2n) is 6.02. The molecular weight excluding hydrogens is 322 g/mol. The summed E-state index contributed by atoms with van der Waals surface area (Å²) in [6.07, 6.45) is 3.97. The normalized spacial score (nSPS) is 13.7. The second kappa shape index (κ2) is 5.73. The van der Waals surface area contributed by atoms with Crippen molar-refractivity contribution in [2.75, 3.05) is 0 Å². The molecule has 118 valence electrons. The molecule has 3 aromatic rings. The summed E-state index contributed by atoms with van der Waals surface area (Å²) in [5.74, 6) is 1.22. The topological polar surface area (TPSA) is 67.4 Å². The van der Waals surface area contributed by atoms with Gasteiger partial charge in [-0.05, 0) is 48.2 Å². The SMILES string of the molecule is Cn1cnnc1-c1cc(C#N)ccc1-c1cc(Cl)nc(C2CC2)c1. The first-order valence-corrected chi connectivity index (χ1v) is 8.10. The van der Waals surface area contributed by atoms with Crippen molar-refractivity contribution < 1.29 is 0 Å². The van der Waals surface area contributed by atoms with Gasteiger partial charge in [-0.25, -0.2) is 4.98 Å². The lowest BCUT2D eigenvalue weighted by molar-refractivity contribution is 0.920. The third-order valence-electron chi connectivity index (χ3n) is 4.22. The fraction of sp³-hybridized carbons (Fsp3) is 0.222. The fourth-order valence-corrected chi connectivity index (χ4v) is 3.05. The van der Waals surface area contributed by atoms with E-state index in [0.29, 0.717) is 22.5 Å². The van der Waals surface area contributed by atoms with Crippen molar-refractivity contribution in [2.24, 2.45) is 7.05 Å². The molecule has 4 rings (SSSR count). The Hall–Kier alpha value is -2.71. The first kappa shape index (κ1) is 14.9. The number of aromatic nitrogens is 4. The molecular formula is C18H14ClN5. The third kappa shape index (κ3) is 2.66. The smallest absolute Gasteiger partial charge is 0.164 e. The van der Waals surface area contributed by atoms with Crippen LogP contribution in [0.25, 0.3) is 22.5 Å². The van der Waals surface area contributed by atoms with E-state index in [1.807, 2.05) is 29.8 Å². The fourth-order valence-electron chi connectivity index (χ4n) is 2.84. The van der Waals surface area contributed by atoms with E-state index in [9.17, 15) is 5.26 Å². The van der Waals surface area contributed by atoms with Crippen molar-refractivity contribution in [3.8, 4) is 28.6 Å². The zero-order chi connectivity index (χ0) is 16.7. The van der Waals surface area contributed by atoms with Gasteiger partial charge in [-0.2, -0.15) is 5.26 Å². The minimum Gasteiger partial charge on any atom is -0.317 e. The van der Waals surface area contributed by atoms with Gasteiger partial charge in [0.05, 0.1) is 11.6 Å². The zero-order valence-electron chi connectivity index (χ0n) is 13.1. The maximum absolute atomic E-state index is 9.24. The summed E-state index contributed by atoms with van der Waals surface area (Å²) < 4.78 is 1.84. The number of pyridine rings is 1. The molecule has 0 atom stereocenters. The van der Waals surface area contributed by atoms with Crippen molar-refractivity contribution in [2.45, 2.75) is 18.8 Å². The van der Waals surface area contributed by atoms with Gasteiger partial charge in [0.2, 0.25) is 0 Å². The number of nitrogens with zero attached hydrogens (tertiary/aromatic N) is 5. The Kier molecular flexibility index (Phi) is 3.55. The molecule has 2 aromatic heterocycles. The summed E-state index contributed by atoms with van der Waals surface area (Å²) in [6, 6.07) is 11.7. The van der Waals surface area contributed by atoms with E-state index in [1.54, 1.807) is 12.4 Å². The summed E-state index contributed by atoms with van der Waals surface area (Å²) in [5.41, 5.74) is 4.43. The number of nitriles is 1. The van der Waals surface area contributed by atoms with Crippen LogP contribution in [0.5, 0.6) is 0 Å². The van der Waals surface area contributed by atoms with Crippen molar-refractivity contribution >= 4 is 11.6 Å². The number of rotatable bonds is 3. The highest BCUT2D eigenvalue weighted by Gasteiger charge is 2.26. The van der Waals surface area contributed by atoms with Gasteiger partial charge in [-0.3, -0.25) is 0 Å². The molecule has 6 heteroatoms. The second-order valence-corrected chi connectivity index (χ2v) is 6.40. The molecule has 1 aliphatic rings. The van der Waals surface area contributed by atoms with E-state index in [-0.39, 0.29) is 0 Å². The van der Waals surface area contributed by atoms with Gasteiger partial charge < -0.3 is 4.57 Å². The van der Waals surface area contributed by atoms with Crippen molar-refractivity contribution in [3.05, 3.63) is 53.1 Å². The lowest BCUT2D eigenvalue weighted by Crippen LogP contribution is -1.96. The van der Waals surface area contributed by atoms with Crippen LogP contribution in [0.15, 0.2) is 36.7 Å². The van der Waals surface area contributed by atoms with E-state index in [4.69, 9.17) is 11.6 Å². The van der Waals surface area contributed by atoms with Gasteiger partial charge in [0.1, 0.15) is 11.5 Å². The first-order chi connectivity index (χ1) is 11.7. The summed E-state index contributed by atoms with van der Waals surface area (Å²) in [6.45, 7) is 0. The molecule has 0 spiro atoms. The molecule has 0 amide bonds. The van der Waals surface area contributed by atoms with Crippen LogP contribution in [0.4, 0.5) is 0 Å². The summed E-state index contributed by atoms with van der Waals surface area (Å²) >= 11 is 6.24. The molecule has 24 heavy (non-hydrogen) atoms. The van der Waals surface area contributed by atoms with Gasteiger partial charge in [-0.15, -0.1) is 10.2 Å². The highest BCUT2D eigenvalue weighted by Crippen LogP contribution is 2.41. The zero-order valence-corrected chi connectivity index (χ0v) is 13.8. The van der Waals surface area contributed by atoms with Crippen molar-refractivity contribution in [1.82, 2.24) is 19.7 Å². The number of aryl methyl sites for hydroxylation is 1. The Morgan fingerprint density at radius 1 is 1.21 bits per heavy atom. The molecule has 5 nitrogen and oxygen atoms in total. The van der Waals surface area contributed by atoms with Gasteiger partial charge in [0.15, 0.2) is 5.82 Å². The van der Waals surface area contributed by atoms with Crippen LogP contribution in [0, 0.1) is 11.3 Å². The average Bonchev–Trinajstić information content (AvgIpc) is 3.35. The maximum Gasteiger partial charge on any atom is 0.164 e. The van der Waals surface area contributed by atoms with E-state index in [1.165, 1.54) is 0 Å². The molecule has 0 bridgehead atoms. The van der Waals surface area contributed by atoms with Crippen LogP contribution in [0.2, 0.25) is 5.15 Å². The minimum absolute atomic E-state index is 0.489. The number of halogens is 1. The molecule has 0 N–H and O–H groups in total. The monoisotopic (exact) mass is 335 g/mol. The molecule has 1 aromatic carbocycles. The molecule has 1 fully saturated rings. The highest BCUT2D eigenvalue weighted by molar-refractivity contribution is 6.29. The van der Waals surface area contributed by atoms with E-state index in [0.717, 1.165) is 35.2 Å². The molecule has 1 aliphatic carbocycles. The van der Waals surface area contributed by atoms with Crippen LogP contribution in [0.3, 0.4) is 0 Å². The third-order valence-corrected chi connectivity index (χ3v) is 4.42. The predicted molar refractivity (Wildman–Crippen MR) is 91.4 cm³/mol. The van der Waals surface area contributed by atoms with Gasteiger partial charge in [0, 0.05) is 24.2 Å². The van der Waals surface area contributed by atoms with Crippen LogP contribution < -0.4 is 0 Å². The van der Waals surface area contributed by atoms with Crippen molar-refractivity contribution in [3.63, 3.8) is 0 Å². The van der Waals surface area contributed by atoms with Crippen LogP contribution >= 0.6 is 11.6 Å². The molecule has 0 saturated heterocycles. The lowest BCUT2D eigenvalue weighted by atomic mass is 9.97. The first-order valence-electron chi connectivity index (χ1n) is 7.72. The van der Waals surface area contributed by atoms with Crippen LogP contribution in [0.1, 0.15) is 30.0 Å². The Balaban J connectivity index is 1.92. The van der Waals surface area contributed by atoms with Crippen LogP contribution in [-0.2, 0) is 7.05 Å². The molecule has 0 unspecified atom stereocenters. The number of hydrogen-bond acceptors (Lipinski definition) is 4. The van der Waals surface area contributed by atoms with E-state index < -0.39 is 0 Å². The minimum atomic E-state index is 0.489. The Morgan fingerprint density at radius 2 is 2.04 bits per heavy atom. The largest absolute Gasteiger partial charge is 0.317 e. The summed E-state index contributed by atoms with van der Waals surface area (Å²) in [7, 11) is 1.88. The molecule has 1 saturated carbocycles. The van der Waals surface area contributed by atoms with Gasteiger partial charge in [0.25, 0.3) is 0 Å². The Bertz CT molecular complexity index is 966. The maximum atomic E-state index is 9.24. The molecule has 0 aliphatic heterocycles.